The Hall–Kier alpha value is -1.55. The Balaban J connectivity index is 4.32. The van der Waals surface area contributed by atoms with Crippen LogP contribution in [0.2, 0.25) is 0 Å². The van der Waals surface area contributed by atoms with Gasteiger partial charge in [0.25, 0.3) is 0 Å². The van der Waals surface area contributed by atoms with Gasteiger partial charge < -0.3 is 24.6 Å². The third-order valence-corrected chi connectivity index (χ3v) is 10.1. The highest BCUT2D eigenvalue weighted by atomic mass is 31.2. The molecular formula is C42H79O10P. The van der Waals surface area contributed by atoms with Crippen molar-refractivity contribution in [3.05, 3.63) is 24.3 Å². The zero-order valence-corrected chi connectivity index (χ0v) is 34.6. The van der Waals surface area contributed by atoms with Crippen molar-refractivity contribution in [1.29, 1.82) is 0 Å². The van der Waals surface area contributed by atoms with Crippen LogP contribution < -0.4 is 0 Å². The van der Waals surface area contributed by atoms with Gasteiger partial charge in [-0.3, -0.25) is 18.6 Å². The van der Waals surface area contributed by atoms with Crippen LogP contribution >= 0.6 is 7.82 Å². The van der Waals surface area contributed by atoms with E-state index in [2.05, 4.69) is 42.7 Å². The maximum atomic E-state index is 12.6. The molecule has 0 aliphatic rings. The summed E-state index contributed by atoms with van der Waals surface area (Å²) in [5.74, 6) is -0.934. The number of carbonyl (C=O) groups is 2. The second-order valence-corrected chi connectivity index (χ2v) is 15.8. The Morgan fingerprint density at radius 1 is 0.566 bits per heavy atom. The summed E-state index contributed by atoms with van der Waals surface area (Å²) in [6.45, 7) is 2.36. The summed E-state index contributed by atoms with van der Waals surface area (Å²) in [6, 6.07) is 0. The zero-order chi connectivity index (χ0) is 39.1. The van der Waals surface area contributed by atoms with Gasteiger partial charge in [0.2, 0.25) is 0 Å². The molecule has 3 atom stereocenters. The molecule has 11 heteroatoms. The Morgan fingerprint density at radius 3 is 1.47 bits per heavy atom. The summed E-state index contributed by atoms with van der Waals surface area (Å²) in [5, 5.41) is 18.3. The predicted molar refractivity (Wildman–Crippen MR) is 215 cm³/mol. The van der Waals surface area contributed by atoms with Crippen molar-refractivity contribution >= 4 is 19.8 Å². The van der Waals surface area contributed by atoms with Gasteiger partial charge in [0, 0.05) is 12.8 Å². The SMILES string of the molecule is CCCCCC/C=C\C/C=C\CCCCCCCC(=O)OC(COC(=O)CCCCCCCCCCCCCCCC)COP(=O)(O)OCC(O)CO. The zero-order valence-electron chi connectivity index (χ0n) is 33.7. The van der Waals surface area contributed by atoms with Crippen molar-refractivity contribution in [2.45, 2.75) is 206 Å². The molecule has 0 fully saturated rings. The first-order chi connectivity index (χ1) is 25.7. The van der Waals surface area contributed by atoms with E-state index in [1.165, 1.54) is 96.3 Å². The van der Waals surface area contributed by atoms with E-state index < -0.39 is 51.8 Å². The molecule has 0 aromatic rings. The number of phosphoric ester groups is 1. The standard InChI is InChI=1S/C42H79O10P/c1-3-5-7-9-11-13-15-17-19-20-22-24-26-28-30-32-34-42(46)52-40(38-51-53(47,48)50-36-39(44)35-43)37-49-41(45)33-31-29-27-25-23-21-18-16-14-12-10-8-6-4-2/h13,15,19-20,39-40,43-44H,3-12,14,16-18,21-38H2,1-2H3,(H,47,48)/b15-13-,20-19-. The first kappa shape index (κ1) is 51.5. The van der Waals surface area contributed by atoms with Crippen molar-refractivity contribution in [3.8, 4) is 0 Å². The van der Waals surface area contributed by atoms with E-state index in [1.807, 2.05) is 0 Å². The lowest BCUT2D eigenvalue weighted by Crippen LogP contribution is -2.29. The molecule has 0 aliphatic heterocycles. The quantitative estimate of drug-likeness (QED) is 0.0238. The maximum Gasteiger partial charge on any atom is 0.472 e. The lowest BCUT2D eigenvalue weighted by atomic mass is 10.0. The minimum Gasteiger partial charge on any atom is -0.462 e. The van der Waals surface area contributed by atoms with Crippen LogP contribution in [0.25, 0.3) is 0 Å². The third-order valence-electron chi connectivity index (χ3n) is 9.11. The molecule has 10 nitrogen and oxygen atoms in total. The van der Waals surface area contributed by atoms with Crippen molar-refractivity contribution in [1.82, 2.24) is 0 Å². The van der Waals surface area contributed by atoms with Crippen LogP contribution in [-0.4, -0.2) is 65.7 Å². The summed E-state index contributed by atoms with van der Waals surface area (Å²) < 4.78 is 32.7. The molecule has 0 radical (unpaired) electrons. The van der Waals surface area contributed by atoms with Crippen LogP contribution in [0.1, 0.15) is 194 Å². The largest absolute Gasteiger partial charge is 0.472 e. The average molecular weight is 775 g/mol. The Labute approximate surface area is 323 Å². The van der Waals surface area contributed by atoms with Gasteiger partial charge in [-0.05, 0) is 44.9 Å². The minimum absolute atomic E-state index is 0.171. The fourth-order valence-corrected chi connectivity index (χ4v) is 6.58. The number of allylic oxidation sites excluding steroid dienone is 4. The van der Waals surface area contributed by atoms with Gasteiger partial charge in [0.15, 0.2) is 6.10 Å². The molecule has 0 spiro atoms. The molecule has 3 unspecified atom stereocenters. The van der Waals surface area contributed by atoms with Crippen LogP contribution in [0.5, 0.6) is 0 Å². The second-order valence-electron chi connectivity index (χ2n) is 14.4. The number of ether oxygens (including phenoxy) is 2. The number of carbonyl (C=O) groups excluding carboxylic acids is 2. The van der Waals surface area contributed by atoms with Gasteiger partial charge in [-0.2, -0.15) is 0 Å². The Kier molecular flexibility index (Phi) is 37.6. The van der Waals surface area contributed by atoms with E-state index in [1.54, 1.807) is 0 Å². The van der Waals surface area contributed by atoms with Crippen molar-refractivity contribution in [2.75, 3.05) is 26.4 Å². The van der Waals surface area contributed by atoms with Crippen molar-refractivity contribution < 1.29 is 47.8 Å². The maximum absolute atomic E-state index is 12.6. The molecule has 3 N–H and O–H groups in total. The molecule has 0 saturated carbocycles. The van der Waals surface area contributed by atoms with Crippen LogP contribution in [0.4, 0.5) is 0 Å². The van der Waals surface area contributed by atoms with Gasteiger partial charge in [0.05, 0.1) is 19.8 Å². The number of unbranched alkanes of at least 4 members (excludes halogenated alkanes) is 22. The molecule has 0 rings (SSSR count). The van der Waals surface area contributed by atoms with Crippen LogP contribution in [0.3, 0.4) is 0 Å². The number of hydrogen-bond acceptors (Lipinski definition) is 9. The molecule has 0 aliphatic carbocycles. The minimum atomic E-state index is -4.62. The molecule has 0 heterocycles. The Bertz CT molecular complexity index is 941. The molecule has 0 saturated heterocycles. The number of phosphoric acid groups is 1. The molecule has 0 aromatic carbocycles. The summed E-state index contributed by atoms with van der Waals surface area (Å²) >= 11 is 0. The lowest BCUT2D eigenvalue weighted by Gasteiger charge is -2.20. The normalized spacial score (nSPS) is 14.1. The van der Waals surface area contributed by atoms with E-state index in [0.717, 1.165) is 57.8 Å². The molecular weight excluding hydrogens is 695 g/mol. The van der Waals surface area contributed by atoms with Gasteiger partial charge in [-0.15, -0.1) is 0 Å². The third kappa shape index (κ3) is 38.5. The van der Waals surface area contributed by atoms with Gasteiger partial charge in [-0.1, -0.05) is 160 Å². The monoisotopic (exact) mass is 775 g/mol. The first-order valence-electron chi connectivity index (χ1n) is 21.3. The van der Waals surface area contributed by atoms with E-state index >= 15 is 0 Å². The van der Waals surface area contributed by atoms with Gasteiger partial charge in [0.1, 0.15) is 12.7 Å². The van der Waals surface area contributed by atoms with Gasteiger partial charge >= 0.3 is 19.8 Å². The van der Waals surface area contributed by atoms with Gasteiger partial charge in [-0.25, -0.2) is 4.57 Å². The Morgan fingerprint density at radius 2 is 0.981 bits per heavy atom. The summed E-state index contributed by atoms with van der Waals surface area (Å²) in [7, 11) is -4.62. The molecule has 0 aromatic heterocycles. The molecule has 0 amide bonds. The second kappa shape index (κ2) is 38.7. The highest BCUT2D eigenvalue weighted by Gasteiger charge is 2.27. The van der Waals surface area contributed by atoms with Crippen molar-refractivity contribution in [3.63, 3.8) is 0 Å². The molecule has 312 valence electrons. The van der Waals surface area contributed by atoms with Crippen LogP contribution in [0.15, 0.2) is 24.3 Å². The predicted octanol–water partition coefficient (Wildman–Crippen LogP) is 11.0. The average Bonchev–Trinajstić information content (AvgIpc) is 3.14. The highest BCUT2D eigenvalue weighted by molar-refractivity contribution is 7.47. The number of hydrogen-bond donors (Lipinski definition) is 3. The molecule has 0 bridgehead atoms. The highest BCUT2D eigenvalue weighted by Crippen LogP contribution is 2.43. The number of aliphatic hydroxyl groups excluding tert-OH is 2. The van der Waals surface area contributed by atoms with Crippen LogP contribution in [-0.2, 0) is 32.7 Å². The fourth-order valence-electron chi connectivity index (χ4n) is 5.79. The first-order valence-corrected chi connectivity index (χ1v) is 22.8. The fraction of sp³-hybridized carbons (Fsp3) is 0.857. The smallest absolute Gasteiger partial charge is 0.462 e. The van der Waals surface area contributed by atoms with E-state index in [4.69, 9.17) is 19.1 Å². The van der Waals surface area contributed by atoms with E-state index in [9.17, 15) is 24.2 Å². The topological polar surface area (TPSA) is 149 Å². The number of esters is 2. The summed E-state index contributed by atoms with van der Waals surface area (Å²) in [6.07, 6.45) is 37.1. The molecule has 53 heavy (non-hydrogen) atoms. The van der Waals surface area contributed by atoms with Crippen molar-refractivity contribution in [2.24, 2.45) is 0 Å². The van der Waals surface area contributed by atoms with Crippen LogP contribution in [0, 0.1) is 0 Å². The summed E-state index contributed by atoms with van der Waals surface area (Å²) in [5.41, 5.74) is 0. The van der Waals surface area contributed by atoms with E-state index in [0.29, 0.717) is 12.8 Å². The summed E-state index contributed by atoms with van der Waals surface area (Å²) in [4.78, 5) is 34.9. The number of aliphatic hydroxyl groups is 2. The van der Waals surface area contributed by atoms with E-state index in [-0.39, 0.29) is 19.4 Å². The lowest BCUT2D eigenvalue weighted by molar-refractivity contribution is -0.161. The number of rotatable bonds is 40.